The molecule has 14 heavy (non-hydrogen) atoms. The predicted octanol–water partition coefficient (Wildman–Crippen LogP) is 3.00. The molecule has 0 bridgehead atoms. The Balaban J connectivity index is 0.000000791. The molecule has 1 rings (SSSR count). The van der Waals surface area contributed by atoms with E-state index in [9.17, 15) is 0 Å². The first-order valence-electron chi connectivity index (χ1n) is 5.54. The van der Waals surface area contributed by atoms with Gasteiger partial charge in [-0.05, 0) is 25.1 Å². The van der Waals surface area contributed by atoms with E-state index in [1.807, 2.05) is 38.2 Å². The van der Waals surface area contributed by atoms with E-state index in [0.29, 0.717) is 0 Å². The molecule has 80 valence electrons. The van der Waals surface area contributed by atoms with Gasteiger partial charge in [0.25, 0.3) is 0 Å². The minimum absolute atomic E-state index is 0.890. The summed E-state index contributed by atoms with van der Waals surface area (Å²) >= 11 is 0. The van der Waals surface area contributed by atoms with Crippen molar-refractivity contribution in [2.24, 2.45) is 0 Å². The molecule has 1 N–H and O–H groups in total. The molecular formula is C12H22N2. The summed E-state index contributed by atoms with van der Waals surface area (Å²) in [7, 11) is 0. The van der Waals surface area contributed by atoms with Gasteiger partial charge in [0.2, 0.25) is 0 Å². The van der Waals surface area contributed by atoms with E-state index in [2.05, 4.69) is 17.2 Å². The molecule has 0 aliphatic rings. The lowest BCUT2D eigenvalue weighted by molar-refractivity contribution is 0.633. The van der Waals surface area contributed by atoms with Gasteiger partial charge >= 0.3 is 0 Å². The largest absolute Gasteiger partial charge is 0.311 e. The average molecular weight is 194 g/mol. The summed E-state index contributed by atoms with van der Waals surface area (Å²) in [6.45, 7) is 8.18. The maximum absolute atomic E-state index is 4.21. The molecule has 0 saturated carbocycles. The molecule has 0 aromatic carbocycles. The van der Waals surface area contributed by atoms with Crippen LogP contribution in [0.25, 0.3) is 0 Å². The quantitative estimate of drug-likeness (QED) is 0.729. The van der Waals surface area contributed by atoms with Gasteiger partial charge < -0.3 is 5.32 Å². The van der Waals surface area contributed by atoms with Crippen LogP contribution in [0, 0.1) is 0 Å². The third-order valence-electron chi connectivity index (χ3n) is 1.74. The van der Waals surface area contributed by atoms with Crippen LogP contribution in [0.1, 0.15) is 39.3 Å². The summed E-state index contributed by atoms with van der Waals surface area (Å²) in [6, 6.07) is 6.00. The van der Waals surface area contributed by atoms with Crippen LogP contribution in [0.2, 0.25) is 0 Å². The minimum Gasteiger partial charge on any atom is -0.311 e. The summed E-state index contributed by atoms with van der Waals surface area (Å²) in [5, 5.41) is 3.34. The minimum atomic E-state index is 0.890. The number of nitrogens with one attached hydrogen (secondary N) is 1. The van der Waals surface area contributed by atoms with E-state index in [1.54, 1.807) is 0 Å². The van der Waals surface area contributed by atoms with E-state index >= 15 is 0 Å². The van der Waals surface area contributed by atoms with Crippen LogP contribution in [0.15, 0.2) is 24.4 Å². The van der Waals surface area contributed by atoms with Crippen LogP contribution < -0.4 is 5.32 Å². The van der Waals surface area contributed by atoms with Gasteiger partial charge in [-0.1, -0.05) is 33.3 Å². The van der Waals surface area contributed by atoms with Crippen molar-refractivity contribution in [3.05, 3.63) is 30.1 Å². The van der Waals surface area contributed by atoms with Gasteiger partial charge in [-0.3, -0.25) is 4.98 Å². The Hall–Kier alpha value is -0.890. The Labute approximate surface area is 87.8 Å². The number of unbranched alkanes of at least 4 members (excludes halogenated alkanes) is 1. The van der Waals surface area contributed by atoms with E-state index < -0.39 is 0 Å². The highest BCUT2D eigenvalue weighted by Crippen LogP contribution is 1.92. The normalized spacial score (nSPS) is 9.07. The smallest absolute Gasteiger partial charge is 0.0541 e. The molecule has 0 spiro atoms. The highest BCUT2D eigenvalue weighted by atomic mass is 14.9. The van der Waals surface area contributed by atoms with Crippen LogP contribution >= 0.6 is 0 Å². The maximum Gasteiger partial charge on any atom is 0.0541 e. The Morgan fingerprint density at radius 2 is 2.07 bits per heavy atom. The highest BCUT2D eigenvalue weighted by Gasteiger charge is 1.90. The molecule has 0 aliphatic carbocycles. The summed E-state index contributed by atoms with van der Waals surface area (Å²) in [5.41, 5.74) is 1.12. The van der Waals surface area contributed by atoms with Crippen LogP contribution in [0.4, 0.5) is 0 Å². The lowest BCUT2D eigenvalue weighted by Gasteiger charge is -2.01. The number of nitrogens with zero attached hydrogens (tertiary/aromatic N) is 1. The molecule has 0 aliphatic heterocycles. The van der Waals surface area contributed by atoms with Gasteiger partial charge in [0.15, 0.2) is 0 Å². The summed E-state index contributed by atoms with van der Waals surface area (Å²) in [4.78, 5) is 4.21. The summed E-state index contributed by atoms with van der Waals surface area (Å²) in [6.07, 6.45) is 4.32. The van der Waals surface area contributed by atoms with Gasteiger partial charge in [0.05, 0.1) is 5.69 Å². The number of rotatable bonds is 5. The van der Waals surface area contributed by atoms with Crippen LogP contribution in [0.3, 0.4) is 0 Å². The van der Waals surface area contributed by atoms with Crippen molar-refractivity contribution in [2.75, 3.05) is 6.54 Å². The topological polar surface area (TPSA) is 24.9 Å². The van der Waals surface area contributed by atoms with E-state index in [4.69, 9.17) is 0 Å². The lowest BCUT2D eigenvalue weighted by atomic mass is 10.3. The van der Waals surface area contributed by atoms with Gasteiger partial charge in [-0.25, -0.2) is 0 Å². The van der Waals surface area contributed by atoms with Gasteiger partial charge in [-0.15, -0.1) is 0 Å². The molecule has 0 amide bonds. The van der Waals surface area contributed by atoms with Crippen molar-refractivity contribution in [2.45, 2.75) is 40.2 Å². The molecule has 0 unspecified atom stereocenters. The fourth-order valence-corrected chi connectivity index (χ4v) is 1.02. The van der Waals surface area contributed by atoms with Gasteiger partial charge in [0, 0.05) is 12.7 Å². The van der Waals surface area contributed by atoms with Crippen LogP contribution in [-0.4, -0.2) is 11.5 Å². The Morgan fingerprint density at radius 3 is 2.64 bits per heavy atom. The van der Waals surface area contributed by atoms with Crippen molar-refractivity contribution in [1.82, 2.24) is 10.3 Å². The zero-order valence-electron chi connectivity index (χ0n) is 9.59. The zero-order chi connectivity index (χ0) is 10.6. The Kier molecular flexibility index (Phi) is 9.54. The number of pyridine rings is 1. The third-order valence-corrected chi connectivity index (χ3v) is 1.74. The SMILES string of the molecule is CC.CCCCNCc1ccccn1. The Morgan fingerprint density at radius 1 is 1.29 bits per heavy atom. The monoisotopic (exact) mass is 194 g/mol. The second-order valence-corrected chi connectivity index (χ2v) is 2.85. The number of hydrogen-bond acceptors (Lipinski definition) is 2. The first-order chi connectivity index (χ1) is 6.93. The maximum atomic E-state index is 4.21. The van der Waals surface area contributed by atoms with E-state index in [-0.39, 0.29) is 0 Å². The highest BCUT2D eigenvalue weighted by molar-refractivity contribution is 5.02. The van der Waals surface area contributed by atoms with Crippen molar-refractivity contribution in [3.63, 3.8) is 0 Å². The van der Waals surface area contributed by atoms with Crippen molar-refractivity contribution in [3.8, 4) is 0 Å². The molecular weight excluding hydrogens is 172 g/mol. The summed E-state index contributed by atoms with van der Waals surface area (Å²) < 4.78 is 0. The van der Waals surface area contributed by atoms with E-state index in [1.165, 1.54) is 12.8 Å². The van der Waals surface area contributed by atoms with Crippen molar-refractivity contribution >= 4 is 0 Å². The second-order valence-electron chi connectivity index (χ2n) is 2.85. The first-order valence-corrected chi connectivity index (χ1v) is 5.54. The molecule has 2 heteroatoms. The molecule has 1 heterocycles. The molecule has 0 radical (unpaired) electrons. The predicted molar refractivity (Wildman–Crippen MR) is 62.2 cm³/mol. The first kappa shape index (κ1) is 13.1. The van der Waals surface area contributed by atoms with Crippen molar-refractivity contribution < 1.29 is 0 Å². The van der Waals surface area contributed by atoms with Crippen molar-refractivity contribution in [1.29, 1.82) is 0 Å². The molecule has 1 aromatic heterocycles. The number of hydrogen-bond donors (Lipinski definition) is 1. The number of aromatic nitrogens is 1. The standard InChI is InChI=1S/C10H16N2.C2H6/c1-2-3-7-11-9-10-6-4-5-8-12-10;1-2/h4-6,8,11H,2-3,7,9H2,1H3;1-2H3. The molecule has 0 atom stereocenters. The van der Waals surface area contributed by atoms with Gasteiger partial charge in [0.1, 0.15) is 0 Å². The third kappa shape index (κ3) is 6.61. The fourth-order valence-electron chi connectivity index (χ4n) is 1.02. The Bertz CT molecular complexity index is 197. The summed E-state index contributed by atoms with van der Waals surface area (Å²) in [5.74, 6) is 0. The molecule has 0 fully saturated rings. The fraction of sp³-hybridized carbons (Fsp3) is 0.583. The molecule has 0 saturated heterocycles. The van der Waals surface area contributed by atoms with Gasteiger partial charge in [-0.2, -0.15) is 0 Å². The second kappa shape index (κ2) is 10.2. The van der Waals surface area contributed by atoms with Crippen LogP contribution in [0.5, 0.6) is 0 Å². The van der Waals surface area contributed by atoms with E-state index in [0.717, 1.165) is 18.8 Å². The molecule has 1 aromatic rings. The average Bonchev–Trinajstić information content (AvgIpc) is 2.29. The zero-order valence-corrected chi connectivity index (χ0v) is 9.59. The lowest BCUT2D eigenvalue weighted by Crippen LogP contribution is -2.15. The molecule has 2 nitrogen and oxygen atoms in total. The van der Waals surface area contributed by atoms with Crippen LogP contribution in [-0.2, 0) is 6.54 Å².